The van der Waals surface area contributed by atoms with Crippen molar-refractivity contribution in [3.05, 3.63) is 24.3 Å². The molecule has 0 radical (unpaired) electrons. The molecule has 1 aliphatic heterocycles. The van der Waals surface area contributed by atoms with Crippen molar-refractivity contribution < 1.29 is 9.53 Å². The SMILES string of the molecule is C[C@@H]1CN(C(=O)CSc2nc3ccccc3[nH]2)C[C@@H](C)O1. The summed E-state index contributed by atoms with van der Waals surface area (Å²) in [6, 6.07) is 7.87. The van der Waals surface area contributed by atoms with E-state index in [9.17, 15) is 4.79 Å². The van der Waals surface area contributed by atoms with Crippen LogP contribution in [0.3, 0.4) is 0 Å². The van der Waals surface area contributed by atoms with Crippen LogP contribution < -0.4 is 0 Å². The van der Waals surface area contributed by atoms with E-state index in [1.54, 1.807) is 0 Å². The van der Waals surface area contributed by atoms with E-state index >= 15 is 0 Å². The molecule has 3 rings (SSSR count). The number of benzene rings is 1. The molecule has 0 spiro atoms. The number of para-hydroxylation sites is 2. The molecule has 0 aliphatic carbocycles. The maximum atomic E-state index is 12.3. The van der Waals surface area contributed by atoms with Crippen LogP contribution in [0.5, 0.6) is 0 Å². The fourth-order valence-electron chi connectivity index (χ4n) is 2.60. The van der Waals surface area contributed by atoms with Crippen LogP contribution in [0.2, 0.25) is 0 Å². The van der Waals surface area contributed by atoms with E-state index in [1.807, 2.05) is 43.0 Å². The first-order chi connectivity index (χ1) is 10.1. The number of carbonyl (C=O) groups excluding carboxylic acids is 1. The average molecular weight is 305 g/mol. The van der Waals surface area contributed by atoms with Crippen LogP contribution in [0.4, 0.5) is 0 Å². The van der Waals surface area contributed by atoms with Crippen LogP contribution in [0, 0.1) is 0 Å². The summed E-state index contributed by atoms with van der Waals surface area (Å²) in [5, 5.41) is 0.791. The minimum absolute atomic E-state index is 0.105. The van der Waals surface area contributed by atoms with Crippen molar-refractivity contribution >= 4 is 28.7 Å². The van der Waals surface area contributed by atoms with Gasteiger partial charge >= 0.3 is 0 Å². The van der Waals surface area contributed by atoms with E-state index in [4.69, 9.17) is 4.74 Å². The van der Waals surface area contributed by atoms with Gasteiger partial charge in [0.2, 0.25) is 5.91 Å². The molecule has 0 saturated carbocycles. The fourth-order valence-corrected chi connectivity index (χ4v) is 3.39. The van der Waals surface area contributed by atoms with E-state index in [-0.39, 0.29) is 18.1 Å². The van der Waals surface area contributed by atoms with Crippen LogP contribution in [0.15, 0.2) is 29.4 Å². The first kappa shape index (κ1) is 14.4. The van der Waals surface area contributed by atoms with E-state index in [2.05, 4.69) is 9.97 Å². The molecule has 0 unspecified atom stereocenters. The van der Waals surface area contributed by atoms with Crippen LogP contribution >= 0.6 is 11.8 Å². The van der Waals surface area contributed by atoms with Crippen LogP contribution in [-0.4, -0.2) is 51.8 Å². The fraction of sp³-hybridized carbons (Fsp3) is 0.467. The summed E-state index contributed by atoms with van der Waals surface area (Å²) in [6.45, 7) is 5.35. The maximum Gasteiger partial charge on any atom is 0.233 e. The summed E-state index contributed by atoms with van der Waals surface area (Å²) < 4.78 is 5.65. The predicted octanol–water partition coefficient (Wildman–Crippen LogP) is 2.29. The summed E-state index contributed by atoms with van der Waals surface area (Å²) in [7, 11) is 0. The van der Waals surface area contributed by atoms with E-state index in [0.717, 1.165) is 16.2 Å². The first-order valence-electron chi connectivity index (χ1n) is 7.12. The van der Waals surface area contributed by atoms with Gasteiger partial charge in [-0.2, -0.15) is 0 Å². The second-order valence-corrected chi connectivity index (χ2v) is 6.37. The van der Waals surface area contributed by atoms with Crippen LogP contribution in [-0.2, 0) is 9.53 Å². The summed E-state index contributed by atoms with van der Waals surface area (Å²) in [6.07, 6.45) is 0.211. The zero-order valence-electron chi connectivity index (χ0n) is 12.2. The molecule has 1 fully saturated rings. The van der Waals surface area contributed by atoms with Gasteiger partial charge in [0, 0.05) is 13.1 Å². The first-order valence-corrected chi connectivity index (χ1v) is 8.11. The van der Waals surface area contributed by atoms with Gasteiger partial charge in [-0.1, -0.05) is 23.9 Å². The number of ether oxygens (including phenoxy) is 1. The zero-order chi connectivity index (χ0) is 14.8. The molecule has 0 bridgehead atoms. The molecule has 2 aromatic rings. The van der Waals surface area contributed by atoms with Gasteiger partial charge < -0.3 is 14.6 Å². The van der Waals surface area contributed by atoms with Crippen molar-refractivity contribution in [1.29, 1.82) is 0 Å². The second kappa shape index (κ2) is 6.07. The lowest BCUT2D eigenvalue weighted by molar-refractivity contribution is -0.140. The van der Waals surface area contributed by atoms with Crippen molar-refractivity contribution in [1.82, 2.24) is 14.9 Å². The van der Waals surface area contributed by atoms with Crippen molar-refractivity contribution in [2.24, 2.45) is 0 Å². The Morgan fingerprint density at radius 2 is 2.10 bits per heavy atom. The smallest absolute Gasteiger partial charge is 0.233 e. The standard InChI is InChI=1S/C15H19N3O2S/c1-10-7-18(8-11(2)20-10)14(19)9-21-15-16-12-5-3-4-6-13(12)17-15/h3-6,10-11H,7-9H2,1-2H3,(H,16,17)/t10-,11-/m1/s1. The molecular formula is C15H19N3O2S. The third-order valence-electron chi connectivity index (χ3n) is 3.47. The number of hydrogen-bond donors (Lipinski definition) is 1. The molecule has 1 saturated heterocycles. The van der Waals surface area contributed by atoms with Gasteiger partial charge in [0.05, 0.1) is 29.0 Å². The number of carbonyl (C=O) groups is 1. The molecule has 21 heavy (non-hydrogen) atoms. The number of morpholine rings is 1. The van der Waals surface area contributed by atoms with Gasteiger partial charge in [0.25, 0.3) is 0 Å². The second-order valence-electron chi connectivity index (χ2n) is 5.40. The predicted molar refractivity (Wildman–Crippen MR) is 83.4 cm³/mol. The molecule has 6 heteroatoms. The van der Waals surface area contributed by atoms with Crippen molar-refractivity contribution in [3.8, 4) is 0 Å². The number of H-pyrrole nitrogens is 1. The zero-order valence-corrected chi connectivity index (χ0v) is 13.0. The molecule has 5 nitrogen and oxygen atoms in total. The maximum absolute atomic E-state index is 12.3. The van der Waals surface area contributed by atoms with Gasteiger partial charge in [-0.15, -0.1) is 0 Å². The number of rotatable bonds is 3. The molecule has 1 N–H and O–H groups in total. The van der Waals surface area contributed by atoms with Crippen LogP contribution in [0.1, 0.15) is 13.8 Å². The lowest BCUT2D eigenvalue weighted by Gasteiger charge is -2.35. The van der Waals surface area contributed by atoms with Gasteiger partial charge in [-0.05, 0) is 26.0 Å². The number of nitrogens with zero attached hydrogens (tertiary/aromatic N) is 2. The van der Waals surface area contributed by atoms with Gasteiger partial charge in [0.15, 0.2) is 5.16 Å². The highest BCUT2D eigenvalue weighted by atomic mass is 32.2. The lowest BCUT2D eigenvalue weighted by atomic mass is 10.2. The minimum Gasteiger partial charge on any atom is -0.372 e. The number of hydrogen-bond acceptors (Lipinski definition) is 4. The number of aromatic amines is 1. The molecule has 2 heterocycles. The molecular weight excluding hydrogens is 286 g/mol. The summed E-state index contributed by atoms with van der Waals surface area (Å²) in [5.41, 5.74) is 1.93. The highest BCUT2D eigenvalue weighted by Crippen LogP contribution is 2.20. The Morgan fingerprint density at radius 3 is 2.81 bits per heavy atom. The Labute approximate surface area is 128 Å². The lowest BCUT2D eigenvalue weighted by Crippen LogP contribution is -2.48. The summed E-state index contributed by atoms with van der Waals surface area (Å²) >= 11 is 1.45. The molecule has 2 atom stereocenters. The average Bonchev–Trinajstić information content (AvgIpc) is 2.86. The topological polar surface area (TPSA) is 58.2 Å². The Hall–Kier alpha value is -1.53. The number of thioether (sulfide) groups is 1. The van der Waals surface area contributed by atoms with E-state index in [0.29, 0.717) is 18.8 Å². The monoisotopic (exact) mass is 305 g/mol. The van der Waals surface area contributed by atoms with E-state index < -0.39 is 0 Å². The van der Waals surface area contributed by atoms with Crippen molar-refractivity contribution in [3.63, 3.8) is 0 Å². The Balaban J connectivity index is 1.60. The van der Waals surface area contributed by atoms with Gasteiger partial charge in [-0.3, -0.25) is 4.79 Å². The molecule has 1 aromatic heterocycles. The number of amides is 1. The van der Waals surface area contributed by atoms with Gasteiger partial charge in [0.1, 0.15) is 0 Å². The summed E-state index contributed by atoms with van der Waals surface area (Å²) in [5.74, 6) is 0.543. The number of fused-ring (bicyclic) bond motifs is 1. The number of nitrogens with one attached hydrogen (secondary N) is 1. The highest BCUT2D eigenvalue weighted by Gasteiger charge is 2.25. The van der Waals surface area contributed by atoms with E-state index in [1.165, 1.54) is 11.8 Å². The van der Waals surface area contributed by atoms with Crippen molar-refractivity contribution in [2.75, 3.05) is 18.8 Å². The third kappa shape index (κ3) is 3.39. The van der Waals surface area contributed by atoms with Gasteiger partial charge in [-0.25, -0.2) is 4.98 Å². The Kier molecular flexibility index (Phi) is 4.17. The molecule has 1 amide bonds. The number of aromatic nitrogens is 2. The van der Waals surface area contributed by atoms with Crippen molar-refractivity contribution in [2.45, 2.75) is 31.2 Å². The highest BCUT2D eigenvalue weighted by molar-refractivity contribution is 7.99. The normalized spacial score (nSPS) is 22.7. The summed E-state index contributed by atoms with van der Waals surface area (Å²) in [4.78, 5) is 21.9. The molecule has 1 aliphatic rings. The quantitative estimate of drug-likeness (QED) is 0.884. The minimum atomic E-state index is 0.105. The molecule has 112 valence electrons. The largest absolute Gasteiger partial charge is 0.372 e. The van der Waals surface area contributed by atoms with Crippen LogP contribution in [0.25, 0.3) is 11.0 Å². The Bertz CT molecular complexity index is 600. The Morgan fingerprint density at radius 1 is 1.38 bits per heavy atom. The molecule has 1 aromatic carbocycles. The number of imidazole rings is 1. The third-order valence-corrected chi connectivity index (χ3v) is 4.33.